The molecule has 100 valence electrons. The average Bonchev–Trinajstić information content (AvgIpc) is 2.73. The van der Waals surface area contributed by atoms with Gasteiger partial charge in [0.05, 0.1) is 5.37 Å². The highest BCUT2D eigenvalue weighted by Gasteiger charge is 2.31. The molecular formula is C14H27NS2. The molecule has 0 aromatic rings. The fourth-order valence-corrected chi connectivity index (χ4v) is 4.27. The molecule has 1 aliphatic heterocycles. The zero-order valence-corrected chi connectivity index (χ0v) is 13.0. The van der Waals surface area contributed by atoms with E-state index in [1.165, 1.54) is 57.2 Å². The van der Waals surface area contributed by atoms with Gasteiger partial charge in [-0.1, -0.05) is 58.2 Å². The summed E-state index contributed by atoms with van der Waals surface area (Å²) < 4.78 is 0. The van der Waals surface area contributed by atoms with Crippen molar-refractivity contribution in [2.75, 3.05) is 12.3 Å². The van der Waals surface area contributed by atoms with Gasteiger partial charge in [-0.3, -0.25) is 4.90 Å². The van der Waals surface area contributed by atoms with Crippen molar-refractivity contribution in [2.24, 2.45) is 0 Å². The quantitative estimate of drug-likeness (QED) is 0.450. The van der Waals surface area contributed by atoms with Gasteiger partial charge >= 0.3 is 0 Å². The Balaban J connectivity index is 2.36. The van der Waals surface area contributed by atoms with E-state index in [0.717, 1.165) is 5.37 Å². The zero-order valence-electron chi connectivity index (χ0n) is 11.4. The third kappa shape index (κ3) is 5.27. The van der Waals surface area contributed by atoms with Crippen molar-refractivity contribution in [3.05, 3.63) is 0 Å². The van der Waals surface area contributed by atoms with Crippen molar-refractivity contribution in [2.45, 2.75) is 70.2 Å². The predicted octanol–water partition coefficient (Wildman–Crippen LogP) is 4.50. The number of thioether (sulfide) groups is 1. The summed E-state index contributed by atoms with van der Waals surface area (Å²) in [5.74, 6) is 1.21. The van der Waals surface area contributed by atoms with Crippen LogP contribution < -0.4 is 0 Å². The summed E-state index contributed by atoms with van der Waals surface area (Å²) in [7, 11) is 0. The van der Waals surface area contributed by atoms with Gasteiger partial charge in [0.2, 0.25) is 0 Å². The van der Waals surface area contributed by atoms with Crippen molar-refractivity contribution >= 4 is 29.3 Å². The minimum Gasteiger partial charge on any atom is -0.283 e. The highest BCUT2D eigenvalue weighted by atomic mass is 32.2. The van der Waals surface area contributed by atoms with Crippen LogP contribution in [-0.4, -0.2) is 34.0 Å². The first-order valence-electron chi connectivity index (χ1n) is 7.16. The monoisotopic (exact) mass is 273 g/mol. The minimum atomic E-state index is 0.554. The van der Waals surface area contributed by atoms with Crippen molar-refractivity contribution in [1.29, 1.82) is 0 Å². The summed E-state index contributed by atoms with van der Waals surface area (Å²) in [5.41, 5.74) is 0. The predicted molar refractivity (Wildman–Crippen MR) is 84.1 cm³/mol. The number of rotatable bonds is 9. The molecular weight excluding hydrogens is 246 g/mol. The van der Waals surface area contributed by atoms with Crippen LogP contribution in [-0.2, 0) is 0 Å². The van der Waals surface area contributed by atoms with E-state index >= 15 is 0 Å². The lowest BCUT2D eigenvalue weighted by Gasteiger charge is -2.27. The Hall–Kier alpha value is 0.400. The lowest BCUT2D eigenvalue weighted by Crippen LogP contribution is -2.37. The third-order valence-corrected chi connectivity index (χ3v) is 5.23. The largest absolute Gasteiger partial charge is 0.283 e. The number of nitrogens with zero attached hydrogens (tertiary/aromatic N) is 1. The highest BCUT2D eigenvalue weighted by Crippen LogP contribution is 2.32. The Kier molecular flexibility index (Phi) is 8.50. The number of thiocarbonyl (C=S) groups is 1. The molecule has 0 bridgehead atoms. The SMILES string of the molecule is CCCCCC1SCC(C=S)N1CCCCC. The van der Waals surface area contributed by atoms with Crippen LogP contribution in [0.5, 0.6) is 0 Å². The molecule has 0 aliphatic carbocycles. The van der Waals surface area contributed by atoms with Crippen LogP contribution in [0.25, 0.3) is 0 Å². The maximum atomic E-state index is 5.18. The summed E-state index contributed by atoms with van der Waals surface area (Å²) >= 11 is 7.30. The molecule has 1 nitrogen and oxygen atoms in total. The first kappa shape index (κ1) is 15.5. The Morgan fingerprint density at radius 2 is 1.88 bits per heavy atom. The molecule has 3 heteroatoms. The van der Waals surface area contributed by atoms with E-state index in [2.05, 4.69) is 30.5 Å². The Morgan fingerprint density at radius 1 is 1.18 bits per heavy atom. The van der Waals surface area contributed by atoms with E-state index in [4.69, 9.17) is 12.2 Å². The number of hydrogen-bond donors (Lipinski definition) is 0. The molecule has 1 rings (SSSR count). The zero-order chi connectivity index (χ0) is 12.5. The molecule has 1 fully saturated rings. The van der Waals surface area contributed by atoms with Crippen LogP contribution >= 0.6 is 24.0 Å². The van der Waals surface area contributed by atoms with Crippen LogP contribution in [0, 0.1) is 0 Å². The van der Waals surface area contributed by atoms with Gasteiger partial charge in [0.15, 0.2) is 0 Å². The molecule has 0 saturated carbocycles. The molecule has 0 aromatic heterocycles. The van der Waals surface area contributed by atoms with Gasteiger partial charge in [-0.2, -0.15) is 0 Å². The lowest BCUT2D eigenvalue weighted by atomic mass is 10.1. The molecule has 1 heterocycles. The van der Waals surface area contributed by atoms with Crippen LogP contribution in [0.3, 0.4) is 0 Å². The Bertz CT molecular complexity index is 208. The first-order valence-corrected chi connectivity index (χ1v) is 8.68. The van der Waals surface area contributed by atoms with Crippen LogP contribution in [0.4, 0.5) is 0 Å². The summed E-state index contributed by atoms with van der Waals surface area (Å²) in [6.07, 6.45) is 9.43. The van der Waals surface area contributed by atoms with Crippen molar-refractivity contribution in [1.82, 2.24) is 4.90 Å². The van der Waals surface area contributed by atoms with E-state index in [1.54, 1.807) is 0 Å². The molecule has 17 heavy (non-hydrogen) atoms. The van der Waals surface area contributed by atoms with Crippen molar-refractivity contribution < 1.29 is 0 Å². The fraction of sp³-hybridized carbons (Fsp3) is 0.929. The van der Waals surface area contributed by atoms with E-state index in [1.807, 2.05) is 5.37 Å². The summed E-state index contributed by atoms with van der Waals surface area (Å²) in [5, 5.41) is 2.72. The molecule has 2 atom stereocenters. The maximum Gasteiger partial charge on any atom is 0.0563 e. The maximum absolute atomic E-state index is 5.18. The molecule has 2 unspecified atom stereocenters. The Labute approximate surface area is 117 Å². The Morgan fingerprint density at radius 3 is 2.53 bits per heavy atom. The minimum absolute atomic E-state index is 0.554. The smallest absolute Gasteiger partial charge is 0.0563 e. The lowest BCUT2D eigenvalue weighted by molar-refractivity contribution is 0.242. The van der Waals surface area contributed by atoms with Crippen molar-refractivity contribution in [3.8, 4) is 0 Å². The van der Waals surface area contributed by atoms with Crippen LogP contribution in [0.2, 0.25) is 0 Å². The second kappa shape index (κ2) is 9.35. The summed E-state index contributed by atoms with van der Waals surface area (Å²) in [6, 6.07) is 0.554. The van der Waals surface area contributed by atoms with Gasteiger partial charge in [-0.05, 0) is 24.8 Å². The molecule has 0 aromatic carbocycles. The van der Waals surface area contributed by atoms with Gasteiger partial charge in [0.1, 0.15) is 0 Å². The van der Waals surface area contributed by atoms with Gasteiger partial charge in [0, 0.05) is 11.8 Å². The third-order valence-electron chi connectivity index (χ3n) is 3.49. The molecule has 0 amide bonds. The fourth-order valence-electron chi connectivity index (χ4n) is 2.40. The number of unbranched alkanes of at least 4 members (excludes halogenated alkanes) is 4. The topological polar surface area (TPSA) is 3.24 Å². The standard InChI is InChI=1S/C14H27NS2/c1-3-5-7-9-14-15(10-8-6-4-2)13(11-16)12-17-14/h11,13-14H,3-10,12H2,1-2H3. The van der Waals surface area contributed by atoms with Crippen LogP contribution in [0.1, 0.15) is 58.8 Å². The van der Waals surface area contributed by atoms with E-state index in [0.29, 0.717) is 6.04 Å². The van der Waals surface area contributed by atoms with Crippen molar-refractivity contribution in [3.63, 3.8) is 0 Å². The molecule has 0 radical (unpaired) electrons. The van der Waals surface area contributed by atoms with E-state index in [9.17, 15) is 0 Å². The summed E-state index contributed by atoms with van der Waals surface area (Å²) in [4.78, 5) is 2.66. The second-order valence-electron chi connectivity index (χ2n) is 4.93. The van der Waals surface area contributed by atoms with Gasteiger partial charge in [-0.15, -0.1) is 11.8 Å². The normalized spacial score (nSPS) is 25.3. The number of hydrogen-bond acceptors (Lipinski definition) is 3. The van der Waals surface area contributed by atoms with Gasteiger partial charge in [-0.25, -0.2) is 0 Å². The summed E-state index contributed by atoms with van der Waals surface area (Å²) in [6.45, 7) is 5.80. The first-order chi connectivity index (χ1) is 8.33. The second-order valence-corrected chi connectivity index (χ2v) is 6.42. The van der Waals surface area contributed by atoms with Crippen LogP contribution in [0.15, 0.2) is 0 Å². The van der Waals surface area contributed by atoms with Gasteiger partial charge < -0.3 is 0 Å². The molecule has 0 N–H and O–H groups in total. The average molecular weight is 274 g/mol. The van der Waals surface area contributed by atoms with E-state index in [-0.39, 0.29) is 0 Å². The molecule has 0 spiro atoms. The molecule has 1 aliphatic rings. The molecule has 1 saturated heterocycles. The van der Waals surface area contributed by atoms with E-state index < -0.39 is 0 Å². The highest BCUT2D eigenvalue weighted by molar-refractivity contribution is 8.00. The van der Waals surface area contributed by atoms with Gasteiger partial charge in [0.25, 0.3) is 0 Å².